The first kappa shape index (κ1) is 11.7. The molecule has 98 valence electrons. The topological polar surface area (TPSA) is 50.2 Å². The molecule has 5 heteroatoms. The predicted octanol–water partition coefficient (Wildman–Crippen LogP) is 0.595. The molecule has 2 fully saturated rings. The molecule has 5 nitrogen and oxygen atoms in total. The fourth-order valence-electron chi connectivity index (χ4n) is 2.40. The van der Waals surface area contributed by atoms with Crippen molar-refractivity contribution in [3.8, 4) is 0 Å². The van der Waals surface area contributed by atoms with Gasteiger partial charge in [0.05, 0.1) is 18.4 Å². The summed E-state index contributed by atoms with van der Waals surface area (Å²) in [6, 6.07) is 2.40. The maximum Gasteiger partial charge on any atom is 0.268 e. The van der Waals surface area contributed by atoms with Crippen molar-refractivity contribution in [1.82, 2.24) is 15.1 Å². The minimum Gasteiger partial charge on any atom is -0.370 e. The number of aromatic nitrogens is 2. The molecule has 1 aromatic rings. The number of hydrogen-bond donors (Lipinski definition) is 1. The van der Waals surface area contributed by atoms with Crippen LogP contribution in [0.3, 0.4) is 0 Å². The average Bonchev–Trinajstić information content (AvgIpc) is 3.03. The van der Waals surface area contributed by atoms with Gasteiger partial charge in [-0.1, -0.05) is 0 Å². The molecule has 18 heavy (non-hydrogen) atoms. The van der Waals surface area contributed by atoms with Crippen LogP contribution in [-0.4, -0.2) is 35.5 Å². The zero-order chi connectivity index (χ0) is 12.4. The van der Waals surface area contributed by atoms with Crippen LogP contribution in [0, 0.1) is 0 Å². The number of anilines is 1. The van der Waals surface area contributed by atoms with Crippen LogP contribution in [0.1, 0.15) is 25.7 Å². The largest absolute Gasteiger partial charge is 0.370 e. The van der Waals surface area contributed by atoms with E-state index in [1.807, 2.05) is 6.20 Å². The van der Waals surface area contributed by atoms with E-state index in [0.717, 1.165) is 25.3 Å². The Hall–Kier alpha value is -1.36. The summed E-state index contributed by atoms with van der Waals surface area (Å²) in [5.41, 5.74) is 0.987. The van der Waals surface area contributed by atoms with Gasteiger partial charge in [0.25, 0.3) is 5.56 Å². The lowest BCUT2D eigenvalue weighted by atomic mass is 10.4. The Morgan fingerprint density at radius 2 is 2.11 bits per heavy atom. The van der Waals surface area contributed by atoms with Crippen molar-refractivity contribution in [1.29, 1.82) is 0 Å². The minimum atomic E-state index is 0.0111. The fourth-order valence-corrected chi connectivity index (χ4v) is 2.40. The van der Waals surface area contributed by atoms with Crippen LogP contribution in [0.5, 0.6) is 0 Å². The molecule has 1 N–H and O–H groups in total. The van der Waals surface area contributed by atoms with Gasteiger partial charge in [0.2, 0.25) is 0 Å². The summed E-state index contributed by atoms with van der Waals surface area (Å²) in [4.78, 5) is 14.2. The maximum absolute atomic E-state index is 11.9. The van der Waals surface area contributed by atoms with E-state index in [-0.39, 0.29) is 5.56 Å². The molecule has 0 amide bonds. The van der Waals surface area contributed by atoms with E-state index in [0.29, 0.717) is 12.6 Å². The number of nitrogens with one attached hydrogen (secondary N) is 1. The van der Waals surface area contributed by atoms with Crippen LogP contribution in [0.25, 0.3) is 0 Å². The van der Waals surface area contributed by atoms with Gasteiger partial charge in [-0.15, -0.1) is 0 Å². The second kappa shape index (κ2) is 5.10. The Kier molecular flexibility index (Phi) is 3.32. The van der Waals surface area contributed by atoms with Gasteiger partial charge in [0.1, 0.15) is 0 Å². The van der Waals surface area contributed by atoms with E-state index < -0.39 is 0 Å². The van der Waals surface area contributed by atoms with Crippen LogP contribution in [0.15, 0.2) is 17.1 Å². The highest BCUT2D eigenvalue weighted by Crippen LogP contribution is 2.18. The minimum absolute atomic E-state index is 0.0111. The Balaban J connectivity index is 1.62. The van der Waals surface area contributed by atoms with Gasteiger partial charge in [-0.2, -0.15) is 5.10 Å². The molecule has 1 aromatic heterocycles. The van der Waals surface area contributed by atoms with E-state index in [1.54, 1.807) is 10.7 Å². The molecule has 0 atom stereocenters. The Morgan fingerprint density at radius 1 is 1.33 bits per heavy atom. The van der Waals surface area contributed by atoms with Crippen LogP contribution in [0.2, 0.25) is 0 Å². The summed E-state index contributed by atoms with van der Waals surface area (Å²) in [6.07, 6.45) is 6.80. The molecular weight excluding hydrogens is 228 g/mol. The van der Waals surface area contributed by atoms with Crippen molar-refractivity contribution in [3.63, 3.8) is 0 Å². The normalized spacial score (nSPS) is 19.4. The van der Waals surface area contributed by atoms with E-state index in [1.165, 1.54) is 25.7 Å². The maximum atomic E-state index is 11.9. The third-order valence-electron chi connectivity index (χ3n) is 3.66. The molecule has 2 aliphatic rings. The van der Waals surface area contributed by atoms with Gasteiger partial charge in [0.15, 0.2) is 0 Å². The van der Waals surface area contributed by atoms with Crippen molar-refractivity contribution in [3.05, 3.63) is 22.6 Å². The summed E-state index contributed by atoms with van der Waals surface area (Å²) >= 11 is 0. The molecule has 1 saturated heterocycles. The van der Waals surface area contributed by atoms with Crippen molar-refractivity contribution >= 4 is 5.69 Å². The molecule has 0 aromatic carbocycles. The third-order valence-corrected chi connectivity index (χ3v) is 3.66. The Labute approximate surface area is 107 Å². The lowest BCUT2D eigenvalue weighted by molar-refractivity contribution is 0.530. The highest BCUT2D eigenvalue weighted by atomic mass is 16.1. The molecule has 0 bridgehead atoms. The van der Waals surface area contributed by atoms with Crippen LogP contribution in [0.4, 0.5) is 5.69 Å². The summed E-state index contributed by atoms with van der Waals surface area (Å²) in [7, 11) is 0. The van der Waals surface area contributed by atoms with Crippen molar-refractivity contribution < 1.29 is 0 Å². The second-order valence-corrected chi connectivity index (χ2v) is 5.20. The van der Waals surface area contributed by atoms with E-state index in [9.17, 15) is 4.79 Å². The first-order chi connectivity index (χ1) is 8.83. The van der Waals surface area contributed by atoms with E-state index in [4.69, 9.17) is 0 Å². The zero-order valence-corrected chi connectivity index (χ0v) is 10.6. The zero-order valence-electron chi connectivity index (χ0n) is 10.6. The van der Waals surface area contributed by atoms with Crippen molar-refractivity contribution in [2.24, 2.45) is 0 Å². The van der Waals surface area contributed by atoms with Gasteiger partial charge in [-0.05, 0) is 25.7 Å². The molecule has 0 unspecified atom stereocenters. The second-order valence-electron chi connectivity index (χ2n) is 5.20. The van der Waals surface area contributed by atoms with Crippen LogP contribution >= 0.6 is 0 Å². The first-order valence-electron chi connectivity index (χ1n) is 6.88. The lowest BCUT2D eigenvalue weighted by Crippen LogP contribution is -2.30. The first-order valence-corrected chi connectivity index (χ1v) is 6.88. The molecule has 3 rings (SSSR count). The smallest absolute Gasteiger partial charge is 0.268 e. The SMILES string of the molecule is O=c1cc(N2CCCC2)cnn1CCNC1CC1. The number of nitrogens with zero attached hydrogens (tertiary/aromatic N) is 3. The highest BCUT2D eigenvalue weighted by Gasteiger charge is 2.19. The summed E-state index contributed by atoms with van der Waals surface area (Å²) in [5, 5.41) is 7.65. The monoisotopic (exact) mass is 248 g/mol. The van der Waals surface area contributed by atoms with Gasteiger partial charge in [0, 0.05) is 31.7 Å². The number of rotatable bonds is 5. The third kappa shape index (κ3) is 2.72. The molecule has 1 aliphatic heterocycles. The van der Waals surface area contributed by atoms with Crippen LogP contribution < -0.4 is 15.8 Å². The highest BCUT2D eigenvalue weighted by molar-refractivity contribution is 5.43. The number of hydrogen-bond acceptors (Lipinski definition) is 4. The van der Waals surface area contributed by atoms with Crippen molar-refractivity contribution in [2.45, 2.75) is 38.3 Å². The summed E-state index contributed by atoms with van der Waals surface area (Å²) in [5.74, 6) is 0. The van der Waals surface area contributed by atoms with Gasteiger partial charge >= 0.3 is 0 Å². The molecule has 1 aliphatic carbocycles. The summed E-state index contributed by atoms with van der Waals surface area (Å²) < 4.78 is 1.55. The Bertz CT molecular complexity index is 460. The fraction of sp³-hybridized carbons (Fsp3) is 0.692. The Morgan fingerprint density at radius 3 is 2.78 bits per heavy atom. The lowest BCUT2D eigenvalue weighted by Gasteiger charge is -2.17. The average molecular weight is 248 g/mol. The predicted molar refractivity (Wildman–Crippen MR) is 71.0 cm³/mol. The molecule has 0 radical (unpaired) electrons. The standard InChI is InChI=1S/C13H20N4O/c18-13-9-12(16-6-1-2-7-16)10-15-17(13)8-5-14-11-3-4-11/h9-11,14H,1-8H2. The van der Waals surface area contributed by atoms with Crippen molar-refractivity contribution in [2.75, 3.05) is 24.5 Å². The molecule has 0 spiro atoms. The van der Waals surface area contributed by atoms with Gasteiger partial charge in [-0.3, -0.25) is 4.79 Å². The molecule has 2 heterocycles. The van der Waals surface area contributed by atoms with E-state index in [2.05, 4.69) is 15.3 Å². The van der Waals surface area contributed by atoms with E-state index >= 15 is 0 Å². The van der Waals surface area contributed by atoms with Gasteiger partial charge in [-0.25, -0.2) is 4.68 Å². The molecular formula is C13H20N4O. The molecule has 1 saturated carbocycles. The summed E-state index contributed by atoms with van der Waals surface area (Å²) in [6.45, 7) is 3.60. The quantitative estimate of drug-likeness (QED) is 0.829. The van der Waals surface area contributed by atoms with Crippen LogP contribution in [-0.2, 0) is 6.54 Å². The van der Waals surface area contributed by atoms with Gasteiger partial charge < -0.3 is 10.2 Å².